The molecule has 168 valence electrons. The molecule has 0 saturated heterocycles. The molecular weight excluding hydrogens is 428 g/mol. The summed E-state index contributed by atoms with van der Waals surface area (Å²) in [5.41, 5.74) is 5.84. The van der Waals surface area contributed by atoms with Gasteiger partial charge in [0.1, 0.15) is 6.04 Å². The van der Waals surface area contributed by atoms with Crippen molar-refractivity contribution in [1.29, 1.82) is 0 Å². The molecule has 2 aromatic carbocycles. The van der Waals surface area contributed by atoms with E-state index in [-0.39, 0.29) is 17.1 Å². The van der Waals surface area contributed by atoms with Crippen molar-refractivity contribution in [2.75, 3.05) is 10.2 Å². The Morgan fingerprint density at radius 1 is 1.00 bits per heavy atom. The zero-order chi connectivity index (χ0) is 23.2. The first-order valence-electron chi connectivity index (χ1n) is 11.4. The van der Waals surface area contributed by atoms with Crippen LogP contribution in [0.5, 0.6) is 0 Å². The molecule has 0 saturated carbocycles. The maximum Gasteiger partial charge on any atom is 0.215 e. The third kappa shape index (κ3) is 3.91. The molecule has 2 aliphatic rings. The number of hydrogen-bond donors (Lipinski definition) is 1. The van der Waals surface area contributed by atoms with E-state index in [0.29, 0.717) is 12.0 Å². The Morgan fingerprint density at radius 3 is 2.42 bits per heavy atom. The predicted molar refractivity (Wildman–Crippen MR) is 135 cm³/mol. The number of nitrogens with zero attached hydrogens (tertiary/aromatic N) is 1. The van der Waals surface area contributed by atoms with Gasteiger partial charge in [-0.1, -0.05) is 63.2 Å². The summed E-state index contributed by atoms with van der Waals surface area (Å²) in [6.07, 6.45) is 2.03. The van der Waals surface area contributed by atoms with Crippen molar-refractivity contribution in [3.05, 3.63) is 93.3 Å². The van der Waals surface area contributed by atoms with Gasteiger partial charge in [0.15, 0.2) is 5.78 Å². The number of carbonyl (C=O) groups is 2. The number of benzene rings is 2. The largest absolute Gasteiger partial charge is 0.357 e. The minimum absolute atomic E-state index is 0.0926. The summed E-state index contributed by atoms with van der Waals surface area (Å²) in [4.78, 5) is 28.7. The standard InChI is InChI=1S/C28H28N2O2S/c1-28(2,3)20-12-10-18(11-13-20)19-15-22-26(24(32)16-19)27(25-9-6-14-33-25)30(17-31)23-8-5-4-7-21(23)29-22/h4-14,17,19,27,29H,15-16H2,1-3H3/t19-,27-/m1/s1. The lowest BCUT2D eigenvalue weighted by Crippen LogP contribution is -2.32. The molecule has 0 bridgehead atoms. The smallest absolute Gasteiger partial charge is 0.215 e. The van der Waals surface area contributed by atoms with E-state index >= 15 is 0 Å². The fraction of sp³-hybridized carbons (Fsp3) is 0.286. The van der Waals surface area contributed by atoms with Crippen LogP contribution in [-0.2, 0) is 15.0 Å². The number of ketones is 1. The zero-order valence-corrected chi connectivity index (χ0v) is 20.0. The van der Waals surface area contributed by atoms with Crippen molar-refractivity contribution in [2.24, 2.45) is 0 Å². The summed E-state index contributed by atoms with van der Waals surface area (Å²) in [6.45, 7) is 6.62. The molecule has 0 spiro atoms. The predicted octanol–water partition coefficient (Wildman–Crippen LogP) is 6.58. The number of Topliss-reactive ketones (excluding diaryl/α,β-unsaturated/α-hetero) is 1. The molecule has 5 heteroatoms. The molecule has 1 aromatic heterocycles. The zero-order valence-electron chi connectivity index (χ0n) is 19.2. The molecular formula is C28H28N2O2S. The Morgan fingerprint density at radius 2 is 1.76 bits per heavy atom. The lowest BCUT2D eigenvalue weighted by atomic mass is 9.78. The summed E-state index contributed by atoms with van der Waals surface area (Å²) in [5, 5.41) is 5.54. The molecule has 5 rings (SSSR count). The molecule has 4 nitrogen and oxygen atoms in total. The van der Waals surface area contributed by atoms with Crippen LogP contribution in [0.4, 0.5) is 11.4 Å². The highest BCUT2D eigenvalue weighted by Crippen LogP contribution is 2.47. The van der Waals surface area contributed by atoms with Gasteiger partial charge in [0.05, 0.1) is 11.4 Å². The van der Waals surface area contributed by atoms with Gasteiger partial charge < -0.3 is 10.2 Å². The second-order valence-electron chi connectivity index (χ2n) is 9.87. The lowest BCUT2D eigenvalue weighted by Gasteiger charge is -2.32. The number of fused-ring (bicyclic) bond motifs is 1. The summed E-state index contributed by atoms with van der Waals surface area (Å²) >= 11 is 1.58. The molecule has 0 unspecified atom stereocenters. The maximum absolute atomic E-state index is 13.7. The van der Waals surface area contributed by atoms with Gasteiger partial charge in [-0.3, -0.25) is 9.59 Å². The molecule has 1 amide bonds. The average Bonchev–Trinajstić information content (AvgIpc) is 3.28. The van der Waals surface area contributed by atoms with Crippen LogP contribution < -0.4 is 10.2 Å². The fourth-order valence-electron chi connectivity index (χ4n) is 4.95. The van der Waals surface area contributed by atoms with E-state index in [0.717, 1.165) is 34.8 Å². The Labute approximate surface area is 198 Å². The summed E-state index contributed by atoms with van der Waals surface area (Å²) in [7, 11) is 0. The highest BCUT2D eigenvalue weighted by Gasteiger charge is 2.39. The Kier molecular flexibility index (Phi) is 5.45. The van der Waals surface area contributed by atoms with Crippen LogP contribution in [0.1, 0.15) is 61.6 Å². The van der Waals surface area contributed by atoms with E-state index in [1.807, 2.05) is 41.8 Å². The fourth-order valence-corrected chi connectivity index (χ4v) is 5.78. The van der Waals surface area contributed by atoms with Gasteiger partial charge >= 0.3 is 0 Å². The number of rotatable bonds is 3. The molecule has 33 heavy (non-hydrogen) atoms. The number of hydrogen-bond acceptors (Lipinski definition) is 4. The van der Waals surface area contributed by atoms with Crippen molar-refractivity contribution in [1.82, 2.24) is 0 Å². The van der Waals surface area contributed by atoms with Crippen LogP contribution in [-0.4, -0.2) is 12.2 Å². The topological polar surface area (TPSA) is 49.4 Å². The van der Waals surface area contributed by atoms with E-state index in [1.165, 1.54) is 11.1 Å². The van der Waals surface area contributed by atoms with E-state index < -0.39 is 6.04 Å². The second-order valence-corrected chi connectivity index (χ2v) is 10.8. The van der Waals surface area contributed by atoms with Crippen LogP contribution in [0.25, 0.3) is 0 Å². The Balaban J connectivity index is 1.59. The van der Waals surface area contributed by atoms with Crippen LogP contribution in [0.15, 0.2) is 77.3 Å². The van der Waals surface area contributed by atoms with Gasteiger partial charge in [0.25, 0.3) is 0 Å². The monoisotopic (exact) mass is 456 g/mol. The quantitative estimate of drug-likeness (QED) is 0.453. The highest BCUT2D eigenvalue weighted by molar-refractivity contribution is 7.10. The van der Waals surface area contributed by atoms with Crippen molar-refractivity contribution < 1.29 is 9.59 Å². The van der Waals surface area contributed by atoms with Crippen LogP contribution in [0, 0.1) is 0 Å². The van der Waals surface area contributed by atoms with Gasteiger partial charge in [-0.05, 0) is 52.5 Å². The van der Waals surface area contributed by atoms with Gasteiger partial charge in [0, 0.05) is 22.6 Å². The van der Waals surface area contributed by atoms with Crippen LogP contribution in [0.3, 0.4) is 0 Å². The summed E-state index contributed by atoms with van der Waals surface area (Å²) < 4.78 is 0. The summed E-state index contributed by atoms with van der Waals surface area (Å²) in [5.74, 6) is 0.211. The first-order chi connectivity index (χ1) is 15.9. The molecule has 1 N–H and O–H groups in total. The van der Waals surface area contributed by atoms with E-state index in [2.05, 4.69) is 50.4 Å². The Bertz CT molecular complexity index is 1220. The molecule has 3 aromatic rings. The lowest BCUT2D eigenvalue weighted by molar-refractivity contribution is -0.116. The molecule has 2 heterocycles. The number of thiophene rings is 1. The van der Waals surface area contributed by atoms with E-state index in [4.69, 9.17) is 0 Å². The molecule has 1 aliphatic heterocycles. The average molecular weight is 457 g/mol. The number of allylic oxidation sites excluding steroid dienone is 1. The van der Waals surface area contributed by atoms with E-state index in [9.17, 15) is 9.59 Å². The molecule has 0 fully saturated rings. The number of carbonyl (C=O) groups excluding carboxylic acids is 2. The molecule has 1 aliphatic carbocycles. The van der Waals surface area contributed by atoms with Gasteiger partial charge in [-0.15, -0.1) is 11.3 Å². The minimum atomic E-state index is -0.412. The van der Waals surface area contributed by atoms with Gasteiger partial charge in [-0.2, -0.15) is 0 Å². The first-order valence-corrected chi connectivity index (χ1v) is 12.2. The third-order valence-electron chi connectivity index (χ3n) is 6.70. The van der Waals surface area contributed by atoms with Crippen molar-refractivity contribution in [3.63, 3.8) is 0 Å². The van der Waals surface area contributed by atoms with E-state index in [1.54, 1.807) is 16.2 Å². The normalized spacial score (nSPS) is 20.6. The third-order valence-corrected chi connectivity index (χ3v) is 7.63. The molecule has 0 radical (unpaired) electrons. The maximum atomic E-state index is 13.7. The highest BCUT2D eigenvalue weighted by atomic mass is 32.1. The number of para-hydroxylation sites is 2. The Hall–Kier alpha value is -3.18. The minimum Gasteiger partial charge on any atom is -0.357 e. The number of anilines is 2. The van der Waals surface area contributed by atoms with Gasteiger partial charge in [-0.25, -0.2) is 0 Å². The van der Waals surface area contributed by atoms with Crippen molar-refractivity contribution in [2.45, 2.75) is 51.0 Å². The van der Waals surface area contributed by atoms with Crippen molar-refractivity contribution >= 4 is 34.9 Å². The first kappa shape index (κ1) is 21.7. The molecule has 2 atom stereocenters. The number of amides is 1. The summed E-state index contributed by atoms with van der Waals surface area (Å²) in [6, 6.07) is 20.1. The van der Waals surface area contributed by atoms with Crippen LogP contribution in [0.2, 0.25) is 0 Å². The second kappa shape index (κ2) is 8.31. The SMILES string of the molecule is CC(C)(C)c1ccc([C@H]2CC(=O)C3=C(C2)Nc2ccccc2N(C=O)[C@@H]3c2cccs2)cc1. The van der Waals surface area contributed by atoms with Crippen molar-refractivity contribution in [3.8, 4) is 0 Å². The van der Waals surface area contributed by atoms with Gasteiger partial charge in [0.2, 0.25) is 6.41 Å². The number of nitrogens with one attached hydrogen (secondary N) is 1. The van der Waals surface area contributed by atoms with Crippen LogP contribution >= 0.6 is 11.3 Å².